The molecule has 1 aromatic heterocycles. The number of esters is 1. The number of hydrogen-bond acceptors (Lipinski definition) is 6. The minimum atomic E-state index is -0.629. The van der Waals surface area contributed by atoms with Gasteiger partial charge in [-0.3, -0.25) is 9.36 Å². The number of carbonyl (C=O) groups excluding carboxylic acids is 1. The summed E-state index contributed by atoms with van der Waals surface area (Å²) in [5.41, 5.74) is 4.58. The molecule has 5 rings (SSSR count). The van der Waals surface area contributed by atoms with Gasteiger partial charge in [0.15, 0.2) is 4.80 Å². The van der Waals surface area contributed by atoms with Gasteiger partial charge in [0.1, 0.15) is 6.61 Å². The van der Waals surface area contributed by atoms with Gasteiger partial charge in [-0.2, -0.15) is 0 Å². The highest BCUT2D eigenvalue weighted by Gasteiger charge is 2.33. The quantitative estimate of drug-likeness (QED) is 0.262. The van der Waals surface area contributed by atoms with E-state index in [2.05, 4.69) is 4.99 Å². The molecule has 1 unspecified atom stereocenters. The molecule has 0 aliphatic carbocycles. The van der Waals surface area contributed by atoms with E-state index in [9.17, 15) is 9.59 Å². The van der Waals surface area contributed by atoms with Crippen LogP contribution in [-0.2, 0) is 16.1 Å². The second kappa shape index (κ2) is 10.7. The van der Waals surface area contributed by atoms with Crippen molar-refractivity contribution in [1.82, 2.24) is 4.57 Å². The SMILES string of the molecule is CSc1ccc(C2C(C(=O)OCc3ccccc3)=C(C)N=c3s/c(=C/c4ccc(C)cc4)c(=O)n32)cc1. The molecule has 0 N–H and O–H groups in total. The second-order valence-electron chi connectivity index (χ2n) is 8.83. The molecule has 0 saturated heterocycles. The van der Waals surface area contributed by atoms with Gasteiger partial charge in [0.25, 0.3) is 5.56 Å². The highest BCUT2D eigenvalue weighted by molar-refractivity contribution is 7.98. The Balaban J connectivity index is 1.61. The maximum absolute atomic E-state index is 13.7. The van der Waals surface area contributed by atoms with Gasteiger partial charge in [-0.05, 0) is 55.0 Å². The van der Waals surface area contributed by atoms with Crippen LogP contribution in [0.3, 0.4) is 0 Å². The summed E-state index contributed by atoms with van der Waals surface area (Å²) in [4.78, 5) is 33.6. The largest absolute Gasteiger partial charge is 0.457 e. The average Bonchev–Trinajstić information content (AvgIpc) is 3.22. The van der Waals surface area contributed by atoms with Gasteiger partial charge in [-0.15, -0.1) is 11.8 Å². The Morgan fingerprint density at radius 2 is 1.73 bits per heavy atom. The minimum absolute atomic E-state index is 0.145. The van der Waals surface area contributed by atoms with Crippen LogP contribution < -0.4 is 14.9 Å². The molecule has 0 fully saturated rings. The number of hydrogen-bond donors (Lipinski definition) is 0. The molecule has 0 amide bonds. The molecule has 37 heavy (non-hydrogen) atoms. The van der Waals surface area contributed by atoms with Crippen molar-refractivity contribution < 1.29 is 9.53 Å². The Morgan fingerprint density at radius 3 is 2.41 bits per heavy atom. The zero-order valence-corrected chi connectivity index (χ0v) is 22.4. The van der Waals surface area contributed by atoms with Crippen LogP contribution in [0, 0.1) is 6.92 Å². The molecule has 0 bridgehead atoms. The first-order valence-corrected chi connectivity index (χ1v) is 13.9. The molecule has 186 valence electrons. The molecule has 3 aromatic carbocycles. The van der Waals surface area contributed by atoms with Crippen LogP contribution in [0.15, 0.2) is 105 Å². The topological polar surface area (TPSA) is 60.7 Å². The normalized spacial score (nSPS) is 15.3. The summed E-state index contributed by atoms with van der Waals surface area (Å²) in [5.74, 6) is -0.475. The standard InChI is InChI=1S/C30H26N2O3S2/c1-19-9-11-21(12-10-19)17-25-28(33)32-27(23-13-15-24(36-3)16-14-23)26(20(2)31-30(32)37-25)29(34)35-18-22-7-5-4-6-8-22/h4-17,27H,18H2,1-3H3/b25-17+. The van der Waals surface area contributed by atoms with Crippen LogP contribution in [-0.4, -0.2) is 16.8 Å². The van der Waals surface area contributed by atoms with E-state index in [0.717, 1.165) is 27.1 Å². The summed E-state index contributed by atoms with van der Waals surface area (Å²) in [6.45, 7) is 3.98. The first kappa shape index (κ1) is 25.0. The summed E-state index contributed by atoms with van der Waals surface area (Å²) in [5, 5.41) is 0. The fourth-order valence-electron chi connectivity index (χ4n) is 4.30. The third kappa shape index (κ3) is 5.24. The van der Waals surface area contributed by atoms with Gasteiger partial charge in [0.2, 0.25) is 0 Å². The molecule has 0 spiro atoms. The number of fused-ring (bicyclic) bond motifs is 1. The smallest absolute Gasteiger partial charge is 0.338 e. The number of allylic oxidation sites excluding steroid dienone is 1. The van der Waals surface area contributed by atoms with Crippen LogP contribution in [0.5, 0.6) is 0 Å². The number of aromatic nitrogens is 1. The molecule has 1 atom stereocenters. The predicted octanol–water partition coefficient (Wildman–Crippen LogP) is 5.01. The van der Waals surface area contributed by atoms with E-state index < -0.39 is 12.0 Å². The van der Waals surface area contributed by atoms with E-state index in [1.165, 1.54) is 11.3 Å². The number of benzene rings is 3. The number of carbonyl (C=O) groups is 1. The third-order valence-corrected chi connectivity index (χ3v) is 7.99. The Bertz CT molecular complexity index is 1650. The zero-order valence-electron chi connectivity index (χ0n) is 20.8. The summed E-state index contributed by atoms with van der Waals surface area (Å²) in [7, 11) is 0. The van der Waals surface area contributed by atoms with Crippen molar-refractivity contribution in [3.63, 3.8) is 0 Å². The highest BCUT2D eigenvalue weighted by atomic mass is 32.2. The number of ether oxygens (including phenoxy) is 1. The first-order valence-electron chi connectivity index (χ1n) is 11.9. The molecule has 4 aromatic rings. The Labute approximate surface area is 223 Å². The van der Waals surface area contributed by atoms with Crippen LogP contribution in [0.4, 0.5) is 0 Å². The van der Waals surface area contributed by atoms with Crippen molar-refractivity contribution in [2.45, 2.75) is 31.4 Å². The van der Waals surface area contributed by atoms with Crippen molar-refractivity contribution in [3.05, 3.63) is 132 Å². The van der Waals surface area contributed by atoms with E-state index in [-0.39, 0.29) is 12.2 Å². The number of aryl methyl sites for hydroxylation is 1. The third-order valence-electron chi connectivity index (χ3n) is 6.26. The van der Waals surface area contributed by atoms with E-state index in [0.29, 0.717) is 20.6 Å². The summed E-state index contributed by atoms with van der Waals surface area (Å²) < 4.78 is 7.92. The second-order valence-corrected chi connectivity index (χ2v) is 10.7. The van der Waals surface area contributed by atoms with Crippen molar-refractivity contribution in [1.29, 1.82) is 0 Å². The molecular formula is C30H26N2O3S2. The molecule has 1 aliphatic heterocycles. The molecule has 0 radical (unpaired) electrons. The monoisotopic (exact) mass is 526 g/mol. The molecule has 0 saturated carbocycles. The lowest BCUT2D eigenvalue weighted by Crippen LogP contribution is -2.39. The van der Waals surface area contributed by atoms with Gasteiger partial charge in [0, 0.05) is 4.90 Å². The van der Waals surface area contributed by atoms with Crippen LogP contribution >= 0.6 is 23.1 Å². The Hall–Kier alpha value is -3.68. The maximum atomic E-state index is 13.7. The maximum Gasteiger partial charge on any atom is 0.338 e. The van der Waals surface area contributed by atoms with Gasteiger partial charge < -0.3 is 4.74 Å². The lowest BCUT2D eigenvalue weighted by atomic mass is 9.96. The fourth-order valence-corrected chi connectivity index (χ4v) is 5.75. The van der Waals surface area contributed by atoms with Gasteiger partial charge in [-0.25, -0.2) is 9.79 Å². The summed E-state index contributed by atoms with van der Waals surface area (Å²) >= 11 is 2.97. The van der Waals surface area contributed by atoms with Gasteiger partial charge in [-0.1, -0.05) is 83.6 Å². The van der Waals surface area contributed by atoms with Crippen LogP contribution in [0.1, 0.15) is 35.2 Å². The first-order chi connectivity index (χ1) is 17.9. The van der Waals surface area contributed by atoms with Crippen LogP contribution in [0.25, 0.3) is 6.08 Å². The Morgan fingerprint density at radius 1 is 1.03 bits per heavy atom. The van der Waals surface area contributed by atoms with Crippen molar-refractivity contribution >= 4 is 35.1 Å². The van der Waals surface area contributed by atoms with Crippen LogP contribution in [0.2, 0.25) is 0 Å². The molecular weight excluding hydrogens is 500 g/mol. The lowest BCUT2D eigenvalue weighted by molar-refractivity contribution is -0.140. The molecule has 5 nitrogen and oxygen atoms in total. The predicted molar refractivity (Wildman–Crippen MR) is 149 cm³/mol. The zero-order chi connectivity index (χ0) is 25.9. The van der Waals surface area contributed by atoms with Gasteiger partial charge >= 0.3 is 5.97 Å². The molecule has 2 heterocycles. The number of rotatable bonds is 6. The van der Waals surface area contributed by atoms with Gasteiger partial charge in [0.05, 0.1) is 21.8 Å². The van der Waals surface area contributed by atoms with E-state index in [1.807, 2.05) is 98.1 Å². The number of nitrogens with zero attached hydrogens (tertiary/aromatic N) is 2. The fraction of sp³-hybridized carbons (Fsp3) is 0.167. The van der Waals surface area contributed by atoms with Crippen molar-refractivity contribution in [2.75, 3.05) is 6.26 Å². The number of thioether (sulfide) groups is 1. The minimum Gasteiger partial charge on any atom is -0.457 e. The van der Waals surface area contributed by atoms with Crippen molar-refractivity contribution in [3.8, 4) is 0 Å². The Kier molecular flexibility index (Phi) is 7.26. The molecule has 1 aliphatic rings. The molecule has 7 heteroatoms. The number of thiazole rings is 1. The lowest BCUT2D eigenvalue weighted by Gasteiger charge is -2.25. The summed E-state index contributed by atoms with van der Waals surface area (Å²) in [6.07, 6.45) is 3.89. The van der Waals surface area contributed by atoms with E-state index in [4.69, 9.17) is 4.74 Å². The van der Waals surface area contributed by atoms with Crippen molar-refractivity contribution in [2.24, 2.45) is 4.99 Å². The highest BCUT2D eigenvalue weighted by Crippen LogP contribution is 2.32. The summed E-state index contributed by atoms with van der Waals surface area (Å²) in [6, 6.07) is 24.9. The average molecular weight is 527 g/mol. The van der Waals surface area contributed by atoms with E-state index in [1.54, 1.807) is 23.3 Å². The van der Waals surface area contributed by atoms with E-state index >= 15 is 0 Å².